The lowest BCUT2D eigenvalue weighted by molar-refractivity contribution is 0.177. The van der Waals surface area contributed by atoms with Crippen molar-refractivity contribution in [1.82, 2.24) is 0 Å². The van der Waals surface area contributed by atoms with Crippen molar-refractivity contribution in [3.05, 3.63) is 24.3 Å². The molecule has 0 aliphatic heterocycles. The molecule has 1 aromatic carbocycles. The minimum atomic E-state index is 0.742. The van der Waals surface area contributed by atoms with E-state index in [2.05, 4.69) is 38.1 Å². The number of hydrogen-bond acceptors (Lipinski definition) is 2. The summed E-state index contributed by atoms with van der Waals surface area (Å²) in [6, 6.07) is 8.30. The zero-order chi connectivity index (χ0) is 21.0. The van der Waals surface area contributed by atoms with Gasteiger partial charge in [0.15, 0.2) is 0 Å². The lowest BCUT2D eigenvalue weighted by Crippen LogP contribution is -2.20. The first-order valence-corrected chi connectivity index (χ1v) is 13.1. The monoisotopic (exact) mass is 414 g/mol. The number of unbranched alkanes of at least 4 members (excludes halogenated alkanes) is 2. The van der Waals surface area contributed by atoms with E-state index in [1.165, 1.54) is 89.9 Å². The Morgan fingerprint density at radius 1 is 0.667 bits per heavy atom. The predicted molar refractivity (Wildman–Crippen MR) is 127 cm³/mol. The third-order valence-corrected chi connectivity index (χ3v) is 7.65. The lowest BCUT2D eigenvalue weighted by Gasteiger charge is -2.28. The van der Waals surface area contributed by atoms with E-state index in [0.717, 1.165) is 48.4 Å². The standard InChI is InChI=1S/C28H46O2/c1-3-4-5-7-24-13-15-26(16-14-24)22-30-28-19-17-27(18-20-28)29-21-6-8-25-11-9-23(2)10-12-25/h17-20,23-26H,3-16,21-22H2,1-2H3/t23-,24-,25-,26-. The Kier molecular flexibility index (Phi) is 10.4. The number of hydrogen-bond donors (Lipinski definition) is 0. The molecule has 0 N–H and O–H groups in total. The third-order valence-electron chi connectivity index (χ3n) is 7.65. The van der Waals surface area contributed by atoms with Crippen LogP contribution >= 0.6 is 0 Å². The lowest BCUT2D eigenvalue weighted by atomic mass is 9.80. The second-order valence-corrected chi connectivity index (χ2v) is 10.3. The molecule has 3 rings (SSSR count). The van der Waals surface area contributed by atoms with Crippen LogP contribution in [0, 0.1) is 23.7 Å². The Bertz CT molecular complexity index is 551. The van der Waals surface area contributed by atoms with Crippen molar-refractivity contribution >= 4 is 0 Å². The molecule has 0 saturated heterocycles. The third kappa shape index (κ3) is 8.52. The molecule has 170 valence electrons. The van der Waals surface area contributed by atoms with Crippen molar-refractivity contribution in [1.29, 1.82) is 0 Å². The van der Waals surface area contributed by atoms with E-state index >= 15 is 0 Å². The molecule has 2 saturated carbocycles. The van der Waals surface area contributed by atoms with Crippen LogP contribution in [0.2, 0.25) is 0 Å². The molecular formula is C28H46O2. The summed E-state index contributed by atoms with van der Waals surface area (Å²) in [4.78, 5) is 0. The summed E-state index contributed by atoms with van der Waals surface area (Å²) >= 11 is 0. The van der Waals surface area contributed by atoms with Crippen LogP contribution in [-0.2, 0) is 0 Å². The zero-order valence-corrected chi connectivity index (χ0v) is 19.7. The summed E-state index contributed by atoms with van der Waals surface area (Å²) in [5, 5.41) is 0. The van der Waals surface area contributed by atoms with Gasteiger partial charge in [-0.2, -0.15) is 0 Å². The summed E-state index contributed by atoms with van der Waals surface area (Å²) in [7, 11) is 0. The maximum absolute atomic E-state index is 6.09. The van der Waals surface area contributed by atoms with E-state index < -0.39 is 0 Å². The van der Waals surface area contributed by atoms with E-state index in [4.69, 9.17) is 9.47 Å². The topological polar surface area (TPSA) is 18.5 Å². The second-order valence-electron chi connectivity index (χ2n) is 10.3. The van der Waals surface area contributed by atoms with Gasteiger partial charge in [-0.1, -0.05) is 78.1 Å². The first-order valence-electron chi connectivity index (χ1n) is 13.1. The van der Waals surface area contributed by atoms with Crippen molar-refractivity contribution in [3.63, 3.8) is 0 Å². The molecule has 0 bridgehead atoms. The van der Waals surface area contributed by atoms with Gasteiger partial charge < -0.3 is 9.47 Å². The van der Waals surface area contributed by atoms with Crippen LogP contribution in [0.25, 0.3) is 0 Å². The molecule has 2 aliphatic carbocycles. The van der Waals surface area contributed by atoms with Crippen LogP contribution in [-0.4, -0.2) is 13.2 Å². The fourth-order valence-electron chi connectivity index (χ4n) is 5.40. The van der Waals surface area contributed by atoms with Crippen LogP contribution < -0.4 is 9.47 Å². The molecule has 0 heterocycles. The zero-order valence-electron chi connectivity index (χ0n) is 19.7. The molecule has 0 spiro atoms. The average molecular weight is 415 g/mol. The predicted octanol–water partition coefficient (Wildman–Crippen LogP) is 8.44. The highest BCUT2D eigenvalue weighted by Gasteiger charge is 2.21. The molecule has 0 unspecified atom stereocenters. The first kappa shape index (κ1) is 23.5. The van der Waals surface area contributed by atoms with Gasteiger partial charge in [-0.15, -0.1) is 0 Å². The summed E-state index contributed by atoms with van der Waals surface area (Å²) in [6.07, 6.45) is 19.3. The van der Waals surface area contributed by atoms with Crippen LogP contribution in [0.4, 0.5) is 0 Å². The molecule has 0 amide bonds. The van der Waals surface area contributed by atoms with Crippen molar-refractivity contribution in [3.8, 4) is 11.5 Å². The highest BCUT2D eigenvalue weighted by molar-refractivity contribution is 5.31. The van der Waals surface area contributed by atoms with Gasteiger partial charge in [0.1, 0.15) is 11.5 Å². The van der Waals surface area contributed by atoms with E-state index in [0.29, 0.717) is 0 Å². The van der Waals surface area contributed by atoms with Crippen molar-refractivity contribution in [2.75, 3.05) is 13.2 Å². The molecular weight excluding hydrogens is 368 g/mol. The highest BCUT2D eigenvalue weighted by atomic mass is 16.5. The molecule has 2 nitrogen and oxygen atoms in total. The minimum Gasteiger partial charge on any atom is -0.494 e. The SMILES string of the molecule is CCCCC[C@H]1CC[C@H](COc2ccc(OCCC[C@H]3CC[C@H](C)CC3)cc2)CC1. The van der Waals surface area contributed by atoms with E-state index in [1.807, 2.05) is 0 Å². The maximum Gasteiger partial charge on any atom is 0.119 e. The second kappa shape index (κ2) is 13.3. The van der Waals surface area contributed by atoms with Crippen LogP contribution in [0.5, 0.6) is 11.5 Å². The van der Waals surface area contributed by atoms with Gasteiger partial charge in [0, 0.05) is 0 Å². The van der Waals surface area contributed by atoms with Gasteiger partial charge in [-0.25, -0.2) is 0 Å². The van der Waals surface area contributed by atoms with E-state index in [-0.39, 0.29) is 0 Å². The van der Waals surface area contributed by atoms with Crippen LogP contribution in [0.15, 0.2) is 24.3 Å². The molecule has 2 fully saturated rings. The molecule has 2 heteroatoms. The molecule has 1 aromatic rings. The molecule has 0 aromatic heterocycles. The number of ether oxygens (including phenoxy) is 2. The minimum absolute atomic E-state index is 0.742. The molecule has 2 aliphatic rings. The van der Waals surface area contributed by atoms with Gasteiger partial charge in [-0.05, 0) is 73.6 Å². The first-order chi connectivity index (χ1) is 14.7. The Hall–Kier alpha value is -1.18. The summed E-state index contributed by atoms with van der Waals surface area (Å²) in [5.74, 6) is 5.57. The van der Waals surface area contributed by atoms with Crippen LogP contribution in [0.1, 0.15) is 104 Å². The largest absolute Gasteiger partial charge is 0.494 e. The summed E-state index contributed by atoms with van der Waals surface area (Å²) in [5.41, 5.74) is 0. The smallest absolute Gasteiger partial charge is 0.119 e. The Morgan fingerprint density at radius 2 is 1.20 bits per heavy atom. The van der Waals surface area contributed by atoms with Gasteiger partial charge in [0.05, 0.1) is 13.2 Å². The fraction of sp³-hybridized carbons (Fsp3) is 0.786. The quantitative estimate of drug-likeness (QED) is 0.319. The van der Waals surface area contributed by atoms with Crippen molar-refractivity contribution < 1.29 is 9.47 Å². The van der Waals surface area contributed by atoms with Gasteiger partial charge in [0.2, 0.25) is 0 Å². The Balaban J connectivity index is 1.25. The normalized spacial score (nSPS) is 27.0. The van der Waals surface area contributed by atoms with Gasteiger partial charge >= 0.3 is 0 Å². The van der Waals surface area contributed by atoms with Crippen molar-refractivity contribution in [2.45, 2.75) is 104 Å². The fourth-order valence-corrected chi connectivity index (χ4v) is 5.40. The molecule has 30 heavy (non-hydrogen) atoms. The van der Waals surface area contributed by atoms with E-state index in [1.54, 1.807) is 0 Å². The Labute approximate surface area is 186 Å². The highest BCUT2D eigenvalue weighted by Crippen LogP contribution is 2.33. The van der Waals surface area contributed by atoms with Crippen molar-refractivity contribution in [2.24, 2.45) is 23.7 Å². The number of benzene rings is 1. The van der Waals surface area contributed by atoms with Gasteiger partial charge in [-0.3, -0.25) is 0 Å². The van der Waals surface area contributed by atoms with Crippen LogP contribution in [0.3, 0.4) is 0 Å². The summed E-state index contributed by atoms with van der Waals surface area (Å²) < 4.78 is 12.1. The maximum atomic E-state index is 6.09. The van der Waals surface area contributed by atoms with E-state index in [9.17, 15) is 0 Å². The van der Waals surface area contributed by atoms with Gasteiger partial charge in [0.25, 0.3) is 0 Å². The number of rotatable bonds is 12. The molecule has 0 atom stereocenters. The average Bonchev–Trinajstić information content (AvgIpc) is 2.78. The summed E-state index contributed by atoms with van der Waals surface area (Å²) in [6.45, 7) is 6.41. The Morgan fingerprint density at radius 3 is 1.83 bits per heavy atom. The molecule has 0 radical (unpaired) electrons.